The summed E-state index contributed by atoms with van der Waals surface area (Å²) in [4.78, 5) is 12.6. The molecule has 0 amide bonds. The van der Waals surface area contributed by atoms with Crippen LogP contribution in [0.1, 0.15) is 107 Å². The van der Waals surface area contributed by atoms with Gasteiger partial charge in [-0.1, -0.05) is 90.2 Å². The first-order valence-electron chi connectivity index (χ1n) is 13.2. The molecular formula is C30H44O3. The molecule has 0 heterocycles. The van der Waals surface area contributed by atoms with Gasteiger partial charge in [-0.3, -0.25) is 4.79 Å². The van der Waals surface area contributed by atoms with E-state index in [1.807, 2.05) is 48.5 Å². The zero-order chi connectivity index (χ0) is 23.6. The van der Waals surface area contributed by atoms with Gasteiger partial charge in [-0.05, 0) is 54.8 Å². The molecule has 3 heteroatoms. The summed E-state index contributed by atoms with van der Waals surface area (Å²) < 4.78 is 11.7. The highest BCUT2D eigenvalue weighted by Crippen LogP contribution is 2.18. The molecule has 0 fully saturated rings. The number of rotatable bonds is 19. The minimum atomic E-state index is 0.123. The van der Waals surface area contributed by atoms with Crippen LogP contribution in [0, 0.1) is 0 Å². The lowest BCUT2D eigenvalue weighted by Crippen LogP contribution is -2.04. The lowest BCUT2D eigenvalue weighted by Gasteiger charge is -2.08. The fourth-order valence-electron chi connectivity index (χ4n) is 3.87. The minimum Gasteiger partial charge on any atom is -0.494 e. The molecule has 0 N–H and O–H groups in total. The maximum Gasteiger partial charge on any atom is 0.167 e. The van der Waals surface area contributed by atoms with E-state index in [1.54, 1.807) is 0 Å². The standard InChI is InChI=1S/C30H44O3/c1-3-5-7-9-11-13-23-32-28-19-15-26(16-20-28)25-30(31)27-17-21-29(22-18-27)33-24-14-12-10-8-6-4-2/h15-22H,3-14,23-25H2,1-2H3. The van der Waals surface area contributed by atoms with Crippen LogP contribution < -0.4 is 9.47 Å². The SMILES string of the molecule is CCCCCCCCOc1ccc(CC(=O)c2ccc(OCCCCCCCC)cc2)cc1. The Bertz CT molecular complexity index is 749. The maximum atomic E-state index is 12.6. The lowest BCUT2D eigenvalue weighted by molar-refractivity contribution is 0.0993. The van der Waals surface area contributed by atoms with E-state index in [4.69, 9.17) is 9.47 Å². The number of hydrogen-bond donors (Lipinski definition) is 0. The van der Waals surface area contributed by atoms with Crippen LogP contribution in [0.4, 0.5) is 0 Å². The highest BCUT2D eigenvalue weighted by molar-refractivity contribution is 5.97. The fraction of sp³-hybridized carbons (Fsp3) is 0.567. The lowest BCUT2D eigenvalue weighted by atomic mass is 10.0. The molecule has 182 valence electrons. The highest BCUT2D eigenvalue weighted by Gasteiger charge is 2.08. The summed E-state index contributed by atoms with van der Waals surface area (Å²) in [6.07, 6.45) is 15.5. The smallest absolute Gasteiger partial charge is 0.167 e. The summed E-state index contributed by atoms with van der Waals surface area (Å²) in [5.41, 5.74) is 1.74. The molecule has 0 aliphatic heterocycles. The van der Waals surface area contributed by atoms with Gasteiger partial charge in [0.25, 0.3) is 0 Å². The Morgan fingerprint density at radius 1 is 0.576 bits per heavy atom. The van der Waals surface area contributed by atoms with Crippen LogP contribution in [0.5, 0.6) is 11.5 Å². The van der Waals surface area contributed by atoms with Gasteiger partial charge < -0.3 is 9.47 Å². The van der Waals surface area contributed by atoms with E-state index < -0.39 is 0 Å². The van der Waals surface area contributed by atoms with Crippen molar-refractivity contribution in [3.8, 4) is 11.5 Å². The van der Waals surface area contributed by atoms with Crippen LogP contribution in [0.2, 0.25) is 0 Å². The predicted octanol–water partition coefficient (Wildman–Crippen LogP) is 8.59. The number of hydrogen-bond acceptors (Lipinski definition) is 3. The molecule has 0 aliphatic carbocycles. The van der Waals surface area contributed by atoms with E-state index >= 15 is 0 Å². The van der Waals surface area contributed by atoms with Crippen LogP contribution in [-0.4, -0.2) is 19.0 Å². The summed E-state index contributed by atoms with van der Waals surface area (Å²) in [7, 11) is 0. The van der Waals surface area contributed by atoms with E-state index in [1.165, 1.54) is 64.2 Å². The Morgan fingerprint density at radius 2 is 1.00 bits per heavy atom. The van der Waals surface area contributed by atoms with Crippen molar-refractivity contribution in [2.75, 3.05) is 13.2 Å². The van der Waals surface area contributed by atoms with Crippen LogP contribution in [0.3, 0.4) is 0 Å². The van der Waals surface area contributed by atoms with Crippen molar-refractivity contribution in [1.82, 2.24) is 0 Å². The molecule has 0 spiro atoms. The number of ketones is 1. The van der Waals surface area contributed by atoms with Crippen molar-refractivity contribution in [2.24, 2.45) is 0 Å². The molecule has 0 radical (unpaired) electrons. The third-order valence-corrected chi connectivity index (χ3v) is 6.00. The van der Waals surface area contributed by atoms with Crippen LogP contribution in [-0.2, 0) is 6.42 Å². The summed E-state index contributed by atoms with van der Waals surface area (Å²) in [5.74, 6) is 1.84. The molecule has 0 aliphatic rings. The number of unbranched alkanes of at least 4 members (excludes halogenated alkanes) is 10. The van der Waals surface area contributed by atoms with Gasteiger partial charge in [-0.15, -0.1) is 0 Å². The second-order valence-corrected chi connectivity index (χ2v) is 9.00. The van der Waals surface area contributed by atoms with Gasteiger partial charge in [0.15, 0.2) is 5.78 Å². The zero-order valence-electron chi connectivity index (χ0n) is 21.0. The zero-order valence-corrected chi connectivity index (χ0v) is 21.0. The van der Waals surface area contributed by atoms with Crippen molar-refractivity contribution in [3.63, 3.8) is 0 Å². The quantitative estimate of drug-likeness (QED) is 0.158. The van der Waals surface area contributed by atoms with Gasteiger partial charge in [0, 0.05) is 12.0 Å². The molecule has 0 bridgehead atoms. The average Bonchev–Trinajstić information content (AvgIpc) is 2.84. The Balaban J connectivity index is 1.65. The molecule has 3 nitrogen and oxygen atoms in total. The first-order chi connectivity index (χ1) is 16.2. The second kappa shape index (κ2) is 17.2. The van der Waals surface area contributed by atoms with E-state index in [9.17, 15) is 4.79 Å². The molecule has 2 aromatic rings. The number of benzene rings is 2. The Labute approximate surface area is 201 Å². The highest BCUT2D eigenvalue weighted by atomic mass is 16.5. The summed E-state index contributed by atoms with van der Waals surface area (Å²) in [6.45, 7) is 5.98. The molecule has 0 saturated heterocycles. The van der Waals surface area contributed by atoms with Gasteiger partial charge >= 0.3 is 0 Å². The van der Waals surface area contributed by atoms with E-state index in [0.717, 1.165) is 48.7 Å². The normalized spacial score (nSPS) is 10.8. The van der Waals surface area contributed by atoms with Gasteiger partial charge in [-0.25, -0.2) is 0 Å². The van der Waals surface area contributed by atoms with Crippen molar-refractivity contribution in [3.05, 3.63) is 59.7 Å². The Kier molecular flexibility index (Phi) is 14.1. The van der Waals surface area contributed by atoms with Crippen molar-refractivity contribution < 1.29 is 14.3 Å². The Morgan fingerprint density at radius 3 is 1.48 bits per heavy atom. The van der Waals surface area contributed by atoms with Gasteiger partial charge in [0.2, 0.25) is 0 Å². The molecule has 0 saturated carbocycles. The number of carbonyl (C=O) groups excluding carboxylic acids is 1. The van der Waals surface area contributed by atoms with Crippen LogP contribution in [0.15, 0.2) is 48.5 Å². The summed E-state index contributed by atoms with van der Waals surface area (Å²) >= 11 is 0. The number of Topliss-reactive ketones (excluding diaryl/α,β-unsaturated/α-hetero) is 1. The summed E-state index contributed by atoms with van der Waals surface area (Å²) in [6, 6.07) is 15.5. The minimum absolute atomic E-state index is 0.123. The molecule has 0 atom stereocenters. The molecule has 2 aromatic carbocycles. The summed E-state index contributed by atoms with van der Waals surface area (Å²) in [5, 5.41) is 0. The van der Waals surface area contributed by atoms with E-state index in [2.05, 4.69) is 13.8 Å². The molecule has 33 heavy (non-hydrogen) atoms. The number of ether oxygens (including phenoxy) is 2. The third kappa shape index (κ3) is 11.9. The molecule has 0 aromatic heterocycles. The predicted molar refractivity (Wildman–Crippen MR) is 139 cm³/mol. The van der Waals surface area contributed by atoms with Crippen molar-refractivity contribution >= 4 is 5.78 Å². The van der Waals surface area contributed by atoms with Gasteiger partial charge in [-0.2, -0.15) is 0 Å². The average molecular weight is 453 g/mol. The Hall–Kier alpha value is -2.29. The van der Waals surface area contributed by atoms with Crippen LogP contribution in [0.25, 0.3) is 0 Å². The topological polar surface area (TPSA) is 35.5 Å². The van der Waals surface area contributed by atoms with Gasteiger partial charge in [0.1, 0.15) is 11.5 Å². The monoisotopic (exact) mass is 452 g/mol. The second-order valence-electron chi connectivity index (χ2n) is 9.00. The molecule has 0 unspecified atom stereocenters. The molecule has 2 rings (SSSR count). The first kappa shape index (κ1) is 27.0. The largest absolute Gasteiger partial charge is 0.494 e. The fourth-order valence-corrected chi connectivity index (χ4v) is 3.87. The molecular weight excluding hydrogens is 408 g/mol. The van der Waals surface area contributed by atoms with E-state index in [-0.39, 0.29) is 5.78 Å². The maximum absolute atomic E-state index is 12.6. The van der Waals surface area contributed by atoms with E-state index in [0.29, 0.717) is 6.42 Å². The van der Waals surface area contributed by atoms with Crippen molar-refractivity contribution in [2.45, 2.75) is 97.3 Å². The first-order valence-corrected chi connectivity index (χ1v) is 13.2. The van der Waals surface area contributed by atoms with Crippen LogP contribution >= 0.6 is 0 Å². The van der Waals surface area contributed by atoms with Gasteiger partial charge in [0.05, 0.1) is 13.2 Å². The number of carbonyl (C=O) groups is 1. The van der Waals surface area contributed by atoms with Crippen molar-refractivity contribution in [1.29, 1.82) is 0 Å². The third-order valence-electron chi connectivity index (χ3n) is 6.00.